The molecule has 7 heteroatoms. The summed E-state index contributed by atoms with van der Waals surface area (Å²) in [5.74, 6) is 1.09. The van der Waals surface area contributed by atoms with Crippen LogP contribution in [-0.4, -0.2) is 38.0 Å². The molecule has 0 amide bonds. The molecule has 1 aromatic heterocycles. The Bertz CT molecular complexity index is 1100. The number of benzene rings is 2. The number of piperidine rings is 1. The number of aryl methyl sites for hydroxylation is 2. The third kappa shape index (κ3) is 4.57. The molecule has 29 heavy (non-hydrogen) atoms. The second-order valence-corrected chi connectivity index (χ2v) is 9.51. The molecule has 1 fully saturated rings. The van der Waals surface area contributed by atoms with Gasteiger partial charge < -0.3 is 4.90 Å². The minimum absolute atomic E-state index is 0.312. The van der Waals surface area contributed by atoms with Gasteiger partial charge >= 0.3 is 0 Å². The summed E-state index contributed by atoms with van der Waals surface area (Å²) in [5.41, 5.74) is 1.94. The molecule has 0 spiro atoms. The Hall–Kier alpha value is -2.51. The molecule has 2 aromatic carbocycles. The Labute approximate surface area is 172 Å². The van der Waals surface area contributed by atoms with Crippen molar-refractivity contribution in [1.29, 1.82) is 0 Å². The van der Waals surface area contributed by atoms with Crippen molar-refractivity contribution in [1.82, 2.24) is 14.7 Å². The first-order chi connectivity index (χ1) is 13.9. The number of aromatic nitrogens is 2. The SMILES string of the molecule is Cc1cc(C)nc(N2CCC(CNS(=O)(=O)c3ccc4ccccc4c3)CC2)n1. The van der Waals surface area contributed by atoms with Crippen LogP contribution >= 0.6 is 0 Å². The predicted molar refractivity (Wildman–Crippen MR) is 116 cm³/mol. The highest BCUT2D eigenvalue weighted by Gasteiger charge is 2.23. The number of fused-ring (bicyclic) bond motifs is 1. The Morgan fingerprint density at radius 1 is 0.966 bits per heavy atom. The zero-order valence-electron chi connectivity index (χ0n) is 16.8. The monoisotopic (exact) mass is 410 g/mol. The van der Waals surface area contributed by atoms with Crippen molar-refractivity contribution >= 4 is 26.7 Å². The van der Waals surface area contributed by atoms with Crippen molar-refractivity contribution in [2.45, 2.75) is 31.6 Å². The molecule has 3 aromatic rings. The highest BCUT2D eigenvalue weighted by molar-refractivity contribution is 7.89. The third-order valence-corrected chi connectivity index (χ3v) is 6.88. The van der Waals surface area contributed by atoms with Crippen molar-refractivity contribution in [3.05, 3.63) is 59.9 Å². The predicted octanol–water partition coefficient (Wildman–Crippen LogP) is 3.44. The Morgan fingerprint density at radius 2 is 1.62 bits per heavy atom. The van der Waals surface area contributed by atoms with Gasteiger partial charge in [0.15, 0.2) is 0 Å². The van der Waals surface area contributed by atoms with Crippen LogP contribution in [0.3, 0.4) is 0 Å². The van der Waals surface area contributed by atoms with E-state index in [2.05, 4.69) is 19.6 Å². The molecule has 1 N–H and O–H groups in total. The molecule has 0 atom stereocenters. The number of anilines is 1. The normalized spacial score (nSPS) is 15.7. The minimum Gasteiger partial charge on any atom is -0.341 e. The summed E-state index contributed by atoms with van der Waals surface area (Å²) in [6.45, 7) is 6.09. The van der Waals surface area contributed by atoms with E-state index in [1.807, 2.05) is 50.2 Å². The lowest BCUT2D eigenvalue weighted by atomic mass is 9.97. The number of nitrogens with zero attached hydrogens (tertiary/aromatic N) is 3. The third-order valence-electron chi connectivity index (χ3n) is 5.46. The van der Waals surface area contributed by atoms with Crippen LogP contribution in [0.1, 0.15) is 24.2 Å². The van der Waals surface area contributed by atoms with E-state index in [9.17, 15) is 8.42 Å². The Balaban J connectivity index is 1.36. The highest BCUT2D eigenvalue weighted by Crippen LogP contribution is 2.22. The molecule has 4 rings (SSSR count). The van der Waals surface area contributed by atoms with Gasteiger partial charge in [-0.1, -0.05) is 30.3 Å². The van der Waals surface area contributed by atoms with Crippen LogP contribution < -0.4 is 9.62 Å². The van der Waals surface area contributed by atoms with Gasteiger partial charge in [-0.3, -0.25) is 0 Å². The smallest absolute Gasteiger partial charge is 0.240 e. The fraction of sp³-hybridized carbons (Fsp3) is 0.364. The van der Waals surface area contributed by atoms with Gasteiger partial charge in [0.25, 0.3) is 0 Å². The van der Waals surface area contributed by atoms with E-state index in [4.69, 9.17) is 0 Å². The van der Waals surface area contributed by atoms with Gasteiger partial charge in [-0.25, -0.2) is 23.1 Å². The summed E-state index contributed by atoms with van der Waals surface area (Å²) < 4.78 is 28.3. The molecule has 0 radical (unpaired) electrons. The fourth-order valence-corrected chi connectivity index (χ4v) is 4.98. The number of rotatable bonds is 5. The summed E-state index contributed by atoms with van der Waals surface area (Å²) in [5, 5.41) is 1.96. The molecule has 6 nitrogen and oxygen atoms in total. The van der Waals surface area contributed by atoms with Gasteiger partial charge in [0.05, 0.1) is 4.90 Å². The molecule has 1 saturated heterocycles. The average molecular weight is 411 g/mol. The Kier molecular flexibility index (Phi) is 5.52. The lowest BCUT2D eigenvalue weighted by Crippen LogP contribution is -2.39. The molecule has 1 aliphatic heterocycles. The minimum atomic E-state index is -3.52. The van der Waals surface area contributed by atoms with E-state index in [1.54, 1.807) is 12.1 Å². The van der Waals surface area contributed by atoms with Gasteiger partial charge in [0.1, 0.15) is 0 Å². The van der Waals surface area contributed by atoms with Crippen molar-refractivity contribution in [3.8, 4) is 0 Å². The Morgan fingerprint density at radius 3 is 2.31 bits per heavy atom. The van der Waals surface area contributed by atoms with Crippen molar-refractivity contribution < 1.29 is 8.42 Å². The summed E-state index contributed by atoms with van der Waals surface area (Å²) in [7, 11) is -3.52. The first-order valence-corrected chi connectivity index (χ1v) is 11.4. The molecule has 0 bridgehead atoms. The van der Waals surface area contributed by atoms with E-state index in [0.29, 0.717) is 17.4 Å². The van der Waals surface area contributed by atoms with Crippen LogP contribution in [0.15, 0.2) is 53.4 Å². The number of hydrogen-bond donors (Lipinski definition) is 1. The molecule has 0 unspecified atom stereocenters. The van der Waals surface area contributed by atoms with Crippen molar-refractivity contribution in [2.75, 3.05) is 24.5 Å². The van der Waals surface area contributed by atoms with E-state index in [1.165, 1.54) is 0 Å². The zero-order valence-corrected chi connectivity index (χ0v) is 17.6. The van der Waals surface area contributed by atoms with Crippen molar-refractivity contribution in [2.24, 2.45) is 5.92 Å². The zero-order chi connectivity index (χ0) is 20.4. The second-order valence-electron chi connectivity index (χ2n) is 7.74. The summed E-state index contributed by atoms with van der Waals surface area (Å²) in [6.07, 6.45) is 1.83. The summed E-state index contributed by atoms with van der Waals surface area (Å²) in [4.78, 5) is 11.6. The topological polar surface area (TPSA) is 75.2 Å². The molecular formula is C22H26N4O2S. The van der Waals surface area contributed by atoms with Crippen LogP contribution in [0.4, 0.5) is 5.95 Å². The van der Waals surface area contributed by atoms with Gasteiger partial charge in [-0.2, -0.15) is 0 Å². The summed E-state index contributed by atoms with van der Waals surface area (Å²) in [6, 6.07) is 15.0. The van der Waals surface area contributed by atoms with Gasteiger partial charge in [0.2, 0.25) is 16.0 Å². The standard InChI is InChI=1S/C22H26N4O2S/c1-16-13-17(2)25-22(24-16)26-11-9-18(10-12-26)15-23-29(27,28)21-8-7-19-5-3-4-6-20(19)14-21/h3-8,13-14,18,23H,9-12,15H2,1-2H3. The van der Waals surface area contributed by atoms with Gasteiger partial charge in [-0.05, 0) is 61.6 Å². The van der Waals surface area contributed by atoms with Crippen LogP contribution in [0.2, 0.25) is 0 Å². The molecule has 0 saturated carbocycles. The second kappa shape index (κ2) is 8.08. The van der Waals surface area contributed by atoms with Crippen molar-refractivity contribution in [3.63, 3.8) is 0 Å². The number of nitrogens with one attached hydrogen (secondary N) is 1. The fourth-order valence-electron chi connectivity index (χ4n) is 3.83. The first-order valence-electron chi connectivity index (χ1n) is 9.96. The lowest BCUT2D eigenvalue weighted by Gasteiger charge is -2.32. The quantitative estimate of drug-likeness (QED) is 0.697. The first kappa shape index (κ1) is 19.8. The maximum absolute atomic E-state index is 12.7. The highest BCUT2D eigenvalue weighted by atomic mass is 32.2. The maximum Gasteiger partial charge on any atom is 0.240 e. The molecule has 0 aliphatic carbocycles. The summed E-state index contributed by atoms with van der Waals surface area (Å²) >= 11 is 0. The van der Waals surface area contributed by atoms with E-state index < -0.39 is 10.0 Å². The molecular weight excluding hydrogens is 384 g/mol. The largest absolute Gasteiger partial charge is 0.341 e. The van der Waals surface area contributed by atoms with Crippen LogP contribution in [-0.2, 0) is 10.0 Å². The van der Waals surface area contributed by atoms with Gasteiger partial charge in [-0.15, -0.1) is 0 Å². The van der Waals surface area contributed by atoms with E-state index >= 15 is 0 Å². The molecule has 152 valence electrons. The number of hydrogen-bond acceptors (Lipinski definition) is 5. The van der Waals surface area contributed by atoms with Crippen LogP contribution in [0.25, 0.3) is 10.8 Å². The molecule has 1 aliphatic rings. The number of sulfonamides is 1. The molecule has 2 heterocycles. The van der Waals surface area contributed by atoms with Crippen LogP contribution in [0, 0.1) is 19.8 Å². The van der Waals surface area contributed by atoms with E-state index in [0.717, 1.165) is 54.0 Å². The van der Waals surface area contributed by atoms with E-state index in [-0.39, 0.29) is 0 Å². The average Bonchev–Trinajstić information content (AvgIpc) is 2.71. The maximum atomic E-state index is 12.7. The lowest BCUT2D eigenvalue weighted by molar-refractivity contribution is 0.399. The van der Waals surface area contributed by atoms with Gasteiger partial charge in [0, 0.05) is 31.0 Å². The van der Waals surface area contributed by atoms with Crippen LogP contribution in [0.5, 0.6) is 0 Å².